The van der Waals surface area contributed by atoms with E-state index in [-0.39, 0.29) is 5.82 Å². The largest absolute Gasteiger partial charge is 0.313 e. The van der Waals surface area contributed by atoms with Crippen LogP contribution in [0.2, 0.25) is 0 Å². The molecule has 2 nitrogen and oxygen atoms in total. The summed E-state index contributed by atoms with van der Waals surface area (Å²) in [5.41, 5.74) is 1.37. The van der Waals surface area contributed by atoms with Crippen LogP contribution >= 0.6 is 0 Å². The van der Waals surface area contributed by atoms with Crippen molar-refractivity contribution in [3.8, 4) is 0 Å². The molecule has 0 saturated heterocycles. The zero-order valence-electron chi connectivity index (χ0n) is 13.7. The maximum Gasteiger partial charge on any atom is 0.123 e. The molecular weight excluding hydrogens is 263 g/mol. The molecule has 0 bridgehead atoms. The highest BCUT2D eigenvalue weighted by molar-refractivity contribution is 5.16. The molecule has 1 aromatic rings. The van der Waals surface area contributed by atoms with Gasteiger partial charge in [0.25, 0.3) is 0 Å². The Labute approximate surface area is 128 Å². The van der Waals surface area contributed by atoms with Gasteiger partial charge in [-0.2, -0.15) is 0 Å². The Kier molecular flexibility index (Phi) is 5.77. The molecule has 3 heteroatoms. The molecule has 0 heterocycles. The molecule has 0 amide bonds. The van der Waals surface area contributed by atoms with Crippen molar-refractivity contribution in [2.45, 2.75) is 52.1 Å². The molecular formula is C18H29FN2. The maximum absolute atomic E-state index is 13.3. The van der Waals surface area contributed by atoms with Crippen molar-refractivity contribution in [3.63, 3.8) is 0 Å². The Morgan fingerprint density at radius 1 is 1.29 bits per heavy atom. The summed E-state index contributed by atoms with van der Waals surface area (Å²) in [4.78, 5) is 2.33. The van der Waals surface area contributed by atoms with Crippen LogP contribution in [0.1, 0.15) is 45.1 Å². The van der Waals surface area contributed by atoms with E-state index in [9.17, 15) is 4.39 Å². The minimum atomic E-state index is -0.145. The molecule has 1 aliphatic rings. The molecule has 1 aromatic carbocycles. The third-order valence-electron chi connectivity index (χ3n) is 4.79. The molecule has 1 N–H and O–H groups in total. The van der Waals surface area contributed by atoms with Crippen LogP contribution in [0.4, 0.5) is 4.39 Å². The molecule has 0 spiro atoms. The second-order valence-electron chi connectivity index (χ2n) is 6.66. The molecule has 0 aliphatic heterocycles. The molecule has 0 radical (unpaired) electrons. The van der Waals surface area contributed by atoms with Gasteiger partial charge in [0.15, 0.2) is 0 Å². The highest BCUT2D eigenvalue weighted by Gasteiger charge is 2.30. The fourth-order valence-electron chi connectivity index (χ4n) is 3.00. The fourth-order valence-corrected chi connectivity index (χ4v) is 3.00. The van der Waals surface area contributed by atoms with E-state index < -0.39 is 0 Å². The van der Waals surface area contributed by atoms with Crippen LogP contribution in [0.3, 0.4) is 0 Å². The van der Waals surface area contributed by atoms with Crippen LogP contribution in [0.15, 0.2) is 24.3 Å². The second-order valence-corrected chi connectivity index (χ2v) is 6.66. The molecule has 0 unspecified atom stereocenters. The maximum atomic E-state index is 13.3. The lowest BCUT2D eigenvalue weighted by Crippen LogP contribution is -2.42. The predicted molar refractivity (Wildman–Crippen MR) is 86.8 cm³/mol. The standard InChI is InChI=1S/C18H29FN2/c1-4-18(5-2,13-20-17-9-10-17)14-21(3)12-15-7-6-8-16(19)11-15/h6-8,11,17,20H,4-5,9-10,12-14H2,1-3H3. The Bertz CT molecular complexity index is 439. The van der Waals surface area contributed by atoms with Gasteiger partial charge in [0, 0.05) is 25.7 Å². The predicted octanol–water partition coefficient (Wildman–Crippen LogP) is 3.82. The molecule has 1 aliphatic carbocycles. The number of halogens is 1. The molecule has 118 valence electrons. The Hall–Kier alpha value is -0.930. The Morgan fingerprint density at radius 2 is 2.00 bits per heavy atom. The van der Waals surface area contributed by atoms with Gasteiger partial charge < -0.3 is 10.2 Å². The highest BCUT2D eigenvalue weighted by Crippen LogP contribution is 2.29. The minimum absolute atomic E-state index is 0.145. The summed E-state index contributed by atoms with van der Waals surface area (Å²) in [5, 5.41) is 3.69. The first-order valence-corrected chi connectivity index (χ1v) is 8.23. The van der Waals surface area contributed by atoms with E-state index in [1.165, 1.54) is 31.7 Å². The molecule has 21 heavy (non-hydrogen) atoms. The van der Waals surface area contributed by atoms with E-state index in [0.29, 0.717) is 5.41 Å². The van der Waals surface area contributed by atoms with Crippen LogP contribution < -0.4 is 5.32 Å². The zero-order chi connectivity index (χ0) is 15.3. The van der Waals surface area contributed by atoms with Crippen molar-refractivity contribution in [3.05, 3.63) is 35.6 Å². The molecule has 0 aromatic heterocycles. The molecule has 2 rings (SSSR count). The fraction of sp³-hybridized carbons (Fsp3) is 0.667. The first-order valence-electron chi connectivity index (χ1n) is 8.23. The average molecular weight is 292 g/mol. The van der Waals surface area contributed by atoms with Crippen LogP contribution in [0, 0.1) is 11.2 Å². The summed E-state index contributed by atoms with van der Waals surface area (Å²) in [6.07, 6.45) is 5.03. The second kappa shape index (κ2) is 7.37. The van der Waals surface area contributed by atoms with E-state index in [2.05, 4.69) is 31.1 Å². The van der Waals surface area contributed by atoms with Crippen molar-refractivity contribution < 1.29 is 4.39 Å². The van der Waals surface area contributed by atoms with E-state index in [0.717, 1.165) is 31.2 Å². The monoisotopic (exact) mass is 292 g/mol. The number of hydrogen-bond donors (Lipinski definition) is 1. The van der Waals surface area contributed by atoms with Crippen molar-refractivity contribution in [1.82, 2.24) is 10.2 Å². The van der Waals surface area contributed by atoms with E-state index >= 15 is 0 Å². The number of hydrogen-bond acceptors (Lipinski definition) is 2. The summed E-state index contributed by atoms with van der Waals surface area (Å²) < 4.78 is 13.3. The van der Waals surface area contributed by atoms with Gasteiger partial charge in [-0.15, -0.1) is 0 Å². The molecule has 0 atom stereocenters. The minimum Gasteiger partial charge on any atom is -0.313 e. The van der Waals surface area contributed by atoms with Crippen molar-refractivity contribution >= 4 is 0 Å². The molecule has 1 saturated carbocycles. The van der Waals surface area contributed by atoms with Crippen molar-refractivity contribution in [2.75, 3.05) is 20.1 Å². The Morgan fingerprint density at radius 3 is 2.57 bits per heavy atom. The lowest BCUT2D eigenvalue weighted by molar-refractivity contribution is 0.150. The van der Waals surface area contributed by atoms with Crippen molar-refractivity contribution in [2.24, 2.45) is 5.41 Å². The zero-order valence-corrected chi connectivity index (χ0v) is 13.7. The van der Waals surface area contributed by atoms with E-state index in [1.807, 2.05) is 6.07 Å². The van der Waals surface area contributed by atoms with Crippen molar-refractivity contribution in [1.29, 1.82) is 0 Å². The summed E-state index contributed by atoms with van der Waals surface area (Å²) in [7, 11) is 2.14. The summed E-state index contributed by atoms with van der Waals surface area (Å²) in [5.74, 6) is -0.145. The summed E-state index contributed by atoms with van der Waals surface area (Å²) in [6.45, 7) is 7.53. The molecule has 1 fully saturated rings. The van der Waals surface area contributed by atoms with Crippen LogP contribution in [0.5, 0.6) is 0 Å². The van der Waals surface area contributed by atoms with Gasteiger partial charge in [-0.25, -0.2) is 4.39 Å². The third-order valence-corrected chi connectivity index (χ3v) is 4.79. The SMILES string of the molecule is CCC(CC)(CNC1CC1)CN(C)Cc1cccc(F)c1. The van der Waals surface area contributed by atoms with E-state index in [1.54, 1.807) is 12.1 Å². The van der Waals surface area contributed by atoms with Gasteiger partial charge in [0.05, 0.1) is 0 Å². The number of nitrogens with one attached hydrogen (secondary N) is 1. The quantitative estimate of drug-likeness (QED) is 0.744. The topological polar surface area (TPSA) is 15.3 Å². The van der Waals surface area contributed by atoms with Gasteiger partial charge in [0.2, 0.25) is 0 Å². The first-order chi connectivity index (χ1) is 10.1. The van der Waals surface area contributed by atoms with Crippen LogP contribution in [-0.2, 0) is 6.54 Å². The third kappa shape index (κ3) is 5.08. The van der Waals surface area contributed by atoms with Gasteiger partial charge in [-0.05, 0) is 55.8 Å². The lowest BCUT2D eigenvalue weighted by Gasteiger charge is -2.36. The van der Waals surface area contributed by atoms with Gasteiger partial charge in [-0.1, -0.05) is 26.0 Å². The van der Waals surface area contributed by atoms with Crippen LogP contribution in [-0.4, -0.2) is 31.1 Å². The Balaban J connectivity index is 1.91. The van der Waals surface area contributed by atoms with Gasteiger partial charge in [0.1, 0.15) is 5.82 Å². The van der Waals surface area contributed by atoms with E-state index in [4.69, 9.17) is 0 Å². The van der Waals surface area contributed by atoms with Gasteiger partial charge >= 0.3 is 0 Å². The number of nitrogens with zero attached hydrogens (tertiary/aromatic N) is 1. The highest BCUT2D eigenvalue weighted by atomic mass is 19.1. The number of benzene rings is 1. The lowest BCUT2D eigenvalue weighted by atomic mass is 9.81. The summed E-state index contributed by atoms with van der Waals surface area (Å²) in [6, 6.07) is 7.70. The smallest absolute Gasteiger partial charge is 0.123 e. The first kappa shape index (κ1) is 16.4. The number of rotatable bonds is 9. The van der Waals surface area contributed by atoms with Crippen LogP contribution in [0.25, 0.3) is 0 Å². The summed E-state index contributed by atoms with van der Waals surface area (Å²) >= 11 is 0. The average Bonchev–Trinajstić information content (AvgIpc) is 3.28. The normalized spacial score (nSPS) is 15.7. The van der Waals surface area contributed by atoms with Gasteiger partial charge in [-0.3, -0.25) is 0 Å².